The van der Waals surface area contributed by atoms with Gasteiger partial charge in [0.15, 0.2) is 0 Å². The molecular formula is C11H16ClN3O2S. The molecule has 1 fully saturated rings. The summed E-state index contributed by atoms with van der Waals surface area (Å²) >= 11 is 5.81. The van der Waals surface area contributed by atoms with Crippen LogP contribution >= 0.6 is 11.6 Å². The van der Waals surface area contributed by atoms with Crippen LogP contribution in [0.25, 0.3) is 0 Å². The molecule has 2 heterocycles. The molecule has 18 heavy (non-hydrogen) atoms. The lowest BCUT2D eigenvalue weighted by Crippen LogP contribution is -2.37. The van der Waals surface area contributed by atoms with Crippen LogP contribution < -0.4 is 5.73 Å². The van der Waals surface area contributed by atoms with Crippen molar-refractivity contribution in [3.8, 4) is 0 Å². The van der Waals surface area contributed by atoms with Gasteiger partial charge in [0.2, 0.25) is 10.0 Å². The third kappa shape index (κ3) is 2.60. The van der Waals surface area contributed by atoms with Crippen LogP contribution in [0.1, 0.15) is 19.8 Å². The molecule has 0 amide bonds. The number of sulfonamides is 1. The molecule has 2 rings (SSSR count). The van der Waals surface area contributed by atoms with E-state index in [0.717, 1.165) is 12.8 Å². The average Bonchev–Trinajstić information content (AvgIpc) is 2.33. The van der Waals surface area contributed by atoms with Gasteiger partial charge >= 0.3 is 0 Å². The van der Waals surface area contributed by atoms with E-state index >= 15 is 0 Å². The van der Waals surface area contributed by atoms with Gasteiger partial charge in [-0.1, -0.05) is 18.5 Å². The SMILES string of the molecule is CC1CCN(S(=O)(=O)c2cnc(N)c(Cl)c2)CC1. The van der Waals surface area contributed by atoms with Gasteiger partial charge in [0.1, 0.15) is 10.7 Å². The van der Waals surface area contributed by atoms with Crippen molar-refractivity contribution >= 4 is 27.4 Å². The lowest BCUT2D eigenvalue weighted by Gasteiger charge is -2.29. The molecule has 5 nitrogen and oxygen atoms in total. The molecule has 1 aliphatic heterocycles. The number of nitrogen functional groups attached to an aromatic ring is 1. The van der Waals surface area contributed by atoms with Crippen LogP contribution in [0.5, 0.6) is 0 Å². The number of piperidine rings is 1. The molecule has 0 aliphatic carbocycles. The van der Waals surface area contributed by atoms with Crippen LogP contribution in [0.3, 0.4) is 0 Å². The van der Waals surface area contributed by atoms with Crippen LogP contribution in [-0.4, -0.2) is 30.8 Å². The number of hydrogen-bond acceptors (Lipinski definition) is 4. The standard InChI is InChI=1S/C11H16ClN3O2S/c1-8-2-4-15(5-3-8)18(16,17)9-6-10(12)11(13)14-7-9/h6-8H,2-5H2,1H3,(H2,13,14). The smallest absolute Gasteiger partial charge is 0.244 e. The zero-order valence-electron chi connectivity index (χ0n) is 10.1. The molecule has 0 spiro atoms. The first-order chi connectivity index (χ1) is 8.41. The van der Waals surface area contributed by atoms with Crippen molar-refractivity contribution in [2.45, 2.75) is 24.7 Å². The van der Waals surface area contributed by atoms with Gasteiger partial charge in [-0.2, -0.15) is 4.31 Å². The number of halogens is 1. The summed E-state index contributed by atoms with van der Waals surface area (Å²) in [6.45, 7) is 3.22. The van der Waals surface area contributed by atoms with E-state index in [1.54, 1.807) is 0 Å². The molecule has 0 aromatic carbocycles. The molecule has 0 saturated carbocycles. The Labute approximate surface area is 112 Å². The van der Waals surface area contributed by atoms with Gasteiger partial charge < -0.3 is 5.73 Å². The Hall–Kier alpha value is -0.850. The van der Waals surface area contributed by atoms with E-state index in [1.807, 2.05) is 0 Å². The molecule has 1 saturated heterocycles. The maximum Gasteiger partial charge on any atom is 0.244 e. The number of hydrogen-bond donors (Lipinski definition) is 1. The van der Waals surface area contributed by atoms with Crippen molar-refractivity contribution in [2.75, 3.05) is 18.8 Å². The van der Waals surface area contributed by atoms with Gasteiger partial charge in [-0.3, -0.25) is 0 Å². The maximum atomic E-state index is 12.3. The van der Waals surface area contributed by atoms with Crippen molar-refractivity contribution in [2.24, 2.45) is 5.92 Å². The topological polar surface area (TPSA) is 76.3 Å². The highest BCUT2D eigenvalue weighted by Gasteiger charge is 2.28. The molecular weight excluding hydrogens is 274 g/mol. The maximum absolute atomic E-state index is 12.3. The monoisotopic (exact) mass is 289 g/mol. The van der Waals surface area contributed by atoms with E-state index in [4.69, 9.17) is 17.3 Å². The second-order valence-corrected chi connectivity index (χ2v) is 6.97. The molecule has 0 radical (unpaired) electrons. The second kappa shape index (κ2) is 5.03. The number of rotatable bonds is 2. The highest BCUT2D eigenvalue weighted by Crippen LogP contribution is 2.26. The summed E-state index contributed by atoms with van der Waals surface area (Å²) in [5.74, 6) is 0.715. The fourth-order valence-electron chi connectivity index (χ4n) is 1.95. The Morgan fingerprint density at radius 1 is 1.44 bits per heavy atom. The minimum Gasteiger partial charge on any atom is -0.382 e. The van der Waals surface area contributed by atoms with E-state index in [-0.39, 0.29) is 15.7 Å². The summed E-state index contributed by atoms with van der Waals surface area (Å²) in [4.78, 5) is 3.90. The van der Waals surface area contributed by atoms with E-state index in [1.165, 1.54) is 16.6 Å². The van der Waals surface area contributed by atoms with Crippen LogP contribution in [0, 0.1) is 5.92 Å². The third-order valence-corrected chi connectivity index (χ3v) is 5.39. The van der Waals surface area contributed by atoms with Crippen molar-refractivity contribution in [3.05, 3.63) is 17.3 Å². The first kappa shape index (κ1) is 13.6. The molecule has 0 bridgehead atoms. The zero-order valence-corrected chi connectivity index (χ0v) is 11.7. The van der Waals surface area contributed by atoms with Crippen molar-refractivity contribution in [3.63, 3.8) is 0 Å². The third-order valence-electron chi connectivity index (χ3n) is 3.22. The van der Waals surface area contributed by atoms with Crippen molar-refractivity contribution in [1.82, 2.24) is 9.29 Å². The van der Waals surface area contributed by atoms with E-state index in [2.05, 4.69) is 11.9 Å². The quantitative estimate of drug-likeness (QED) is 0.900. The predicted octanol–water partition coefficient (Wildman–Crippen LogP) is 1.74. The van der Waals surface area contributed by atoms with Gasteiger partial charge in [-0.25, -0.2) is 13.4 Å². The van der Waals surface area contributed by atoms with Crippen molar-refractivity contribution < 1.29 is 8.42 Å². The summed E-state index contributed by atoms with van der Waals surface area (Å²) in [5.41, 5.74) is 5.48. The second-order valence-electron chi connectivity index (χ2n) is 4.62. The molecule has 1 aromatic heterocycles. The molecule has 100 valence electrons. The van der Waals surface area contributed by atoms with E-state index in [9.17, 15) is 8.42 Å². The minimum atomic E-state index is -3.49. The summed E-state index contributed by atoms with van der Waals surface area (Å²) in [6, 6.07) is 1.36. The van der Waals surface area contributed by atoms with Crippen LogP contribution in [-0.2, 0) is 10.0 Å². The fourth-order valence-corrected chi connectivity index (χ4v) is 3.62. The molecule has 0 unspecified atom stereocenters. The number of anilines is 1. The lowest BCUT2D eigenvalue weighted by molar-refractivity contribution is 0.288. The van der Waals surface area contributed by atoms with Crippen LogP contribution in [0.2, 0.25) is 5.02 Å². The Kier molecular flexibility index (Phi) is 3.79. The summed E-state index contributed by atoms with van der Waals surface area (Å²) in [7, 11) is -3.49. The Morgan fingerprint density at radius 3 is 2.61 bits per heavy atom. The number of pyridine rings is 1. The number of nitrogens with two attached hydrogens (primary N) is 1. The normalized spacial score (nSPS) is 19.0. The summed E-state index contributed by atoms with van der Waals surface area (Å²) in [6.07, 6.45) is 3.03. The van der Waals surface area contributed by atoms with Crippen LogP contribution in [0.4, 0.5) is 5.82 Å². The van der Waals surface area contributed by atoms with Gasteiger partial charge in [-0.05, 0) is 24.8 Å². The van der Waals surface area contributed by atoms with Gasteiger partial charge in [0.25, 0.3) is 0 Å². The molecule has 2 N–H and O–H groups in total. The number of aromatic nitrogens is 1. The largest absolute Gasteiger partial charge is 0.382 e. The first-order valence-corrected chi connectivity index (χ1v) is 7.64. The Morgan fingerprint density at radius 2 is 2.06 bits per heavy atom. The van der Waals surface area contributed by atoms with E-state index in [0.29, 0.717) is 19.0 Å². The highest BCUT2D eigenvalue weighted by atomic mass is 35.5. The molecule has 1 aliphatic rings. The van der Waals surface area contributed by atoms with Gasteiger partial charge in [-0.15, -0.1) is 0 Å². The van der Waals surface area contributed by atoms with Gasteiger partial charge in [0, 0.05) is 19.3 Å². The minimum absolute atomic E-state index is 0.108. The molecule has 7 heteroatoms. The zero-order chi connectivity index (χ0) is 13.3. The summed E-state index contributed by atoms with van der Waals surface area (Å²) in [5, 5.41) is 0.168. The summed E-state index contributed by atoms with van der Waals surface area (Å²) < 4.78 is 26.2. The Balaban J connectivity index is 2.27. The van der Waals surface area contributed by atoms with E-state index < -0.39 is 10.0 Å². The average molecular weight is 290 g/mol. The molecule has 1 aromatic rings. The van der Waals surface area contributed by atoms with Crippen LogP contribution in [0.15, 0.2) is 17.2 Å². The Bertz CT molecular complexity index is 539. The predicted molar refractivity (Wildman–Crippen MR) is 70.8 cm³/mol. The highest BCUT2D eigenvalue weighted by molar-refractivity contribution is 7.89. The molecule has 0 atom stereocenters. The number of nitrogens with zero attached hydrogens (tertiary/aromatic N) is 2. The fraction of sp³-hybridized carbons (Fsp3) is 0.545. The van der Waals surface area contributed by atoms with Crippen molar-refractivity contribution in [1.29, 1.82) is 0 Å². The first-order valence-electron chi connectivity index (χ1n) is 5.82. The van der Waals surface area contributed by atoms with Gasteiger partial charge in [0.05, 0.1) is 5.02 Å². The lowest BCUT2D eigenvalue weighted by atomic mass is 10.0.